The Morgan fingerprint density at radius 3 is 3.00 bits per heavy atom. The quantitative estimate of drug-likeness (QED) is 0.805. The number of aliphatic hydroxyl groups is 1. The van der Waals surface area contributed by atoms with Crippen molar-refractivity contribution in [1.82, 2.24) is 9.88 Å². The van der Waals surface area contributed by atoms with Crippen molar-refractivity contribution in [2.24, 2.45) is 0 Å². The van der Waals surface area contributed by atoms with Crippen LogP contribution in [0, 0.1) is 6.92 Å². The molecule has 6 nitrogen and oxygen atoms in total. The third-order valence-corrected chi connectivity index (χ3v) is 4.99. The van der Waals surface area contributed by atoms with Gasteiger partial charge in [-0.2, -0.15) is 0 Å². The molecule has 2 atom stereocenters. The van der Waals surface area contributed by atoms with Crippen LogP contribution >= 0.6 is 23.1 Å². The Balaban J connectivity index is 1.85. The van der Waals surface area contributed by atoms with Crippen LogP contribution in [0.5, 0.6) is 0 Å². The largest absolute Gasteiger partial charge is 0.467 e. The maximum atomic E-state index is 12.2. The lowest BCUT2D eigenvalue weighted by atomic mass is 10.2. The molecular weight excluding hydrogens is 312 g/mol. The highest BCUT2D eigenvalue weighted by molar-refractivity contribution is 7.99. The highest BCUT2D eigenvalue weighted by Crippen LogP contribution is 2.21. The number of thioether (sulfide) groups is 1. The van der Waals surface area contributed by atoms with Crippen LogP contribution in [0.1, 0.15) is 17.1 Å². The molecule has 8 heteroatoms. The minimum absolute atomic E-state index is 0.154. The zero-order valence-electron chi connectivity index (χ0n) is 11.9. The number of amides is 1. The normalized spacial score (nSPS) is 21.6. The number of hydrogen-bond acceptors (Lipinski definition) is 7. The topological polar surface area (TPSA) is 79.7 Å². The van der Waals surface area contributed by atoms with Crippen molar-refractivity contribution in [2.45, 2.75) is 31.2 Å². The number of thiazole rings is 1. The smallest absolute Gasteiger partial charge is 0.328 e. The number of β-amino-alcohol motifs (C(OH)–C–C–N with tert-alkyl or cyclic N) is 1. The minimum Gasteiger partial charge on any atom is -0.467 e. The van der Waals surface area contributed by atoms with Gasteiger partial charge in [0.15, 0.2) is 0 Å². The van der Waals surface area contributed by atoms with E-state index in [9.17, 15) is 14.7 Å². The van der Waals surface area contributed by atoms with Crippen LogP contribution in [0.15, 0.2) is 5.38 Å². The number of aromatic nitrogens is 1. The van der Waals surface area contributed by atoms with E-state index >= 15 is 0 Å². The molecule has 21 heavy (non-hydrogen) atoms. The summed E-state index contributed by atoms with van der Waals surface area (Å²) in [5, 5.41) is 12.6. The van der Waals surface area contributed by atoms with Gasteiger partial charge in [-0.25, -0.2) is 9.78 Å². The van der Waals surface area contributed by atoms with E-state index in [1.807, 2.05) is 12.3 Å². The molecule has 1 aliphatic rings. The minimum atomic E-state index is -0.667. The van der Waals surface area contributed by atoms with E-state index in [1.165, 1.54) is 23.8 Å². The van der Waals surface area contributed by atoms with Gasteiger partial charge in [-0.05, 0) is 6.92 Å². The fourth-order valence-electron chi connectivity index (χ4n) is 2.25. The van der Waals surface area contributed by atoms with Gasteiger partial charge in [0.2, 0.25) is 5.91 Å². The van der Waals surface area contributed by atoms with E-state index in [0.29, 0.717) is 5.75 Å². The van der Waals surface area contributed by atoms with Crippen LogP contribution in [-0.2, 0) is 20.1 Å². The van der Waals surface area contributed by atoms with Gasteiger partial charge in [-0.3, -0.25) is 4.79 Å². The van der Waals surface area contributed by atoms with E-state index in [2.05, 4.69) is 9.72 Å². The lowest BCUT2D eigenvalue weighted by molar-refractivity contribution is -0.150. The van der Waals surface area contributed by atoms with Gasteiger partial charge in [-0.15, -0.1) is 23.1 Å². The highest BCUT2D eigenvalue weighted by Gasteiger charge is 2.39. The predicted molar refractivity (Wildman–Crippen MR) is 81.2 cm³/mol. The van der Waals surface area contributed by atoms with Crippen LogP contribution in [0.4, 0.5) is 0 Å². The summed E-state index contributed by atoms with van der Waals surface area (Å²) in [5.74, 6) is 0.297. The Morgan fingerprint density at radius 1 is 1.62 bits per heavy atom. The average Bonchev–Trinajstić information content (AvgIpc) is 3.04. The summed E-state index contributed by atoms with van der Waals surface area (Å²) in [5.41, 5.74) is 0.960. The number of aliphatic hydroxyl groups excluding tert-OH is 1. The van der Waals surface area contributed by atoms with Gasteiger partial charge in [0.25, 0.3) is 0 Å². The molecule has 0 radical (unpaired) electrons. The van der Waals surface area contributed by atoms with E-state index in [1.54, 1.807) is 11.3 Å². The number of rotatable bonds is 5. The maximum absolute atomic E-state index is 12.2. The Bertz CT molecular complexity index is 520. The first kappa shape index (κ1) is 16.3. The Kier molecular flexibility index (Phi) is 5.60. The van der Waals surface area contributed by atoms with Crippen molar-refractivity contribution in [1.29, 1.82) is 0 Å². The third-order valence-electron chi connectivity index (χ3n) is 3.21. The molecule has 1 amide bonds. The molecule has 1 aromatic rings. The van der Waals surface area contributed by atoms with Gasteiger partial charge in [0.05, 0.1) is 29.7 Å². The number of likely N-dealkylation sites (tertiary alicyclic amines) is 1. The van der Waals surface area contributed by atoms with Crippen molar-refractivity contribution in [2.75, 3.05) is 19.4 Å². The first-order chi connectivity index (χ1) is 10.0. The molecule has 0 aliphatic carbocycles. The predicted octanol–water partition coefficient (Wildman–Crippen LogP) is 0.820. The first-order valence-corrected chi connectivity index (χ1v) is 8.58. The Labute approximate surface area is 131 Å². The van der Waals surface area contributed by atoms with Crippen LogP contribution in [0.3, 0.4) is 0 Å². The Hall–Kier alpha value is -1.12. The molecule has 0 aromatic carbocycles. The van der Waals surface area contributed by atoms with Gasteiger partial charge in [-0.1, -0.05) is 0 Å². The van der Waals surface area contributed by atoms with Crippen molar-refractivity contribution < 1.29 is 19.4 Å². The number of ether oxygens (including phenoxy) is 1. The van der Waals surface area contributed by atoms with E-state index < -0.39 is 18.1 Å². The highest BCUT2D eigenvalue weighted by atomic mass is 32.2. The molecule has 1 aliphatic heterocycles. The standard InChI is InChI=1S/C13H18N2O4S2/c1-8-14-9(6-21-8)5-20-7-12(17)15-4-10(16)3-11(15)13(18)19-2/h6,10-11,16H,3-5,7H2,1-2H3. The summed E-state index contributed by atoms with van der Waals surface area (Å²) in [7, 11) is 1.29. The number of carbonyl (C=O) groups is 2. The molecule has 116 valence electrons. The third kappa shape index (κ3) is 4.18. The molecule has 0 spiro atoms. The van der Waals surface area contributed by atoms with E-state index in [4.69, 9.17) is 0 Å². The molecule has 1 fully saturated rings. The lowest BCUT2D eigenvalue weighted by Gasteiger charge is -2.22. The van der Waals surface area contributed by atoms with Gasteiger partial charge in [0, 0.05) is 24.1 Å². The molecule has 1 N–H and O–H groups in total. The number of hydrogen-bond donors (Lipinski definition) is 1. The second-order valence-electron chi connectivity index (χ2n) is 4.83. The fraction of sp³-hybridized carbons (Fsp3) is 0.615. The molecule has 2 unspecified atom stereocenters. The molecule has 1 saturated heterocycles. The van der Waals surface area contributed by atoms with Crippen molar-refractivity contribution in [3.05, 3.63) is 16.1 Å². The summed E-state index contributed by atoms with van der Waals surface area (Å²) in [4.78, 5) is 29.6. The number of carbonyl (C=O) groups excluding carboxylic acids is 2. The monoisotopic (exact) mass is 330 g/mol. The van der Waals surface area contributed by atoms with E-state index in [0.717, 1.165) is 10.7 Å². The number of esters is 1. The van der Waals surface area contributed by atoms with Crippen LogP contribution in [-0.4, -0.2) is 58.4 Å². The van der Waals surface area contributed by atoms with Gasteiger partial charge >= 0.3 is 5.97 Å². The molecule has 2 heterocycles. The molecule has 0 saturated carbocycles. The van der Waals surface area contributed by atoms with Crippen molar-refractivity contribution in [3.8, 4) is 0 Å². The Morgan fingerprint density at radius 2 is 2.38 bits per heavy atom. The summed E-state index contributed by atoms with van der Waals surface area (Å²) in [6.45, 7) is 2.13. The second-order valence-corrected chi connectivity index (χ2v) is 6.87. The average molecular weight is 330 g/mol. The summed E-state index contributed by atoms with van der Waals surface area (Å²) in [6, 6.07) is -0.667. The van der Waals surface area contributed by atoms with Crippen LogP contribution in [0.25, 0.3) is 0 Å². The SMILES string of the molecule is COC(=O)C1CC(O)CN1C(=O)CSCc1csc(C)n1. The van der Waals surface area contributed by atoms with Crippen molar-refractivity contribution >= 4 is 35.0 Å². The molecule has 1 aromatic heterocycles. The summed E-state index contributed by atoms with van der Waals surface area (Å²) in [6.07, 6.45) is -0.418. The van der Waals surface area contributed by atoms with Crippen LogP contribution in [0.2, 0.25) is 0 Å². The number of methoxy groups -OCH3 is 1. The van der Waals surface area contributed by atoms with Crippen molar-refractivity contribution in [3.63, 3.8) is 0 Å². The first-order valence-electron chi connectivity index (χ1n) is 6.55. The lowest BCUT2D eigenvalue weighted by Crippen LogP contribution is -2.42. The fourth-order valence-corrected chi connectivity index (χ4v) is 3.77. The number of nitrogens with zero attached hydrogens (tertiary/aromatic N) is 2. The van der Waals surface area contributed by atoms with E-state index in [-0.39, 0.29) is 24.6 Å². The summed E-state index contributed by atoms with van der Waals surface area (Å²) >= 11 is 3.04. The maximum Gasteiger partial charge on any atom is 0.328 e. The van der Waals surface area contributed by atoms with Crippen LogP contribution < -0.4 is 0 Å². The molecule has 0 bridgehead atoms. The molecular formula is C13H18N2O4S2. The second kappa shape index (κ2) is 7.24. The zero-order chi connectivity index (χ0) is 15.4. The molecule has 2 rings (SSSR count). The zero-order valence-corrected chi connectivity index (χ0v) is 13.6. The van der Waals surface area contributed by atoms with Gasteiger partial charge in [0.1, 0.15) is 6.04 Å². The van der Waals surface area contributed by atoms with Gasteiger partial charge < -0.3 is 14.7 Å². The number of aryl methyl sites for hydroxylation is 1. The summed E-state index contributed by atoms with van der Waals surface area (Å²) < 4.78 is 4.68.